The number of piperidine rings is 1. The molecule has 1 fully saturated rings. The van der Waals surface area contributed by atoms with Gasteiger partial charge in [-0.3, -0.25) is 0 Å². The first-order chi connectivity index (χ1) is 8.38. The van der Waals surface area contributed by atoms with Gasteiger partial charge in [-0.1, -0.05) is 6.92 Å². The second-order valence-electron chi connectivity index (χ2n) is 4.55. The van der Waals surface area contributed by atoms with Crippen molar-refractivity contribution >= 4 is 5.82 Å². The van der Waals surface area contributed by atoms with Crippen molar-refractivity contribution in [1.29, 1.82) is 0 Å². The standard InChI is InChI=1S/C11H14F3N3O/c1-7-6-17(5-4-8(7)18)10-3-2-9(15-16-10)11(12,13)14/h2-3,7-8,18H,4-6H2,1H3. The van der Waals surface area contributed by atoms with Gasteiger partial charge in [0.2, 0.25) is 0 Å². The normalized spacial score (nSPS) is 25.3. The molecule has 0 spiro atoms. The number of hydrogen-bond donors (Lipinski definition) is 1. The van der Waals surface area contributed by atoms with Crippen molar-refractivity contribution < 1.29 is 18.3 Å². The highest BCUT2D eigenvalue weighted by molar-refractivity contribution is 5.38. The SMILES string of the molecule is CC1CN(c2ccc(C(F)(F)F)nn2)CCC1O. The summed E-state index contributed by atoms with van der Waals surface area (Å²) >= 11 is 0. The second kappa shape index (κ2) is 4.72. The van der Waals surface area contributed by atoms with E-state index in [2.05, 4.69) is 10.2 Å². The number of halogens is 3. The van der Waals surface area contributed by atoms with Crippen LogP contribution in [0.4, 0.5) is 19.0 Å². The lowest BCUT2D eigenvalue weighted by atomic mass is 9.97. The first-order valence-corrected chi connectivity index (χ1v) is 5.72. The van der Waals surface area contributed by atoms with Gasteiger partial charge >= 0.3 is 6.18 Å². The highest BCUT2D eigenvalue weighted by Crippen LogP contribution is 2.28. The third kappa shape index (κ3) is 2.72. The average Bonchev–Trinajstić information content (AvgIpc) is 2.32. The van der Waals surface area contributed by atoms with E-state index in [1.165, 1.54) is 6.07 Å². The fraction of sp³-hybridized carbons (Fsp3) is 0.636. The van der Waals surface area contributed by atoms with E-state index in [9.17, 15) is 18.3 Å². The predicted octanol–water partition coefficient (Wildman–Crippen LogP) is 1.70. The molecule has 100 valence electrons. The lowest BCUT2D eigenvalue weighted by Crippen LogP contribution is -2.42. The monoisotopic (exact) mass is 261 g/mol. The van der Waals surface area contributed by atoms with Gasteiger partial charge in [-0.15, -0.1) is 10.2 Å². The Morgan fingerprint density at radius 2 is 2.06 bits per heavy atom. The molecule has 0 amide bonds. The molecule has 1 aliphatic heterocycles. The summed E-state index contributed by atoms with van der Waals surface area (Å²) in [7, 11) is 0. The number of rotatable bonds is 1. The molecule has 7 heteroatoms. The first-order valence-electron chi connectivity index (χ1n) is 5.72. The minimum atomic E-state index is -4.46. The Kier molecular flexibility index (Phi) is 3.43. The highest BCUT2D eigenvalue weighted by Gasteiger charge is 2.33. The third-order valence-corrected chi connectivity index (χ3v) is 3.12. The van der Waals surface area contributed by atoms with E-state index >= 15 is 0 Å². The van der Waals surface area contributed by atoms with Crippen LogP contribution >= 0.6 is 0 Å². The molecule has 18 heavy (non-hydrogen) atoms. The molecule has 4 nitrogen and oxygen atoms in total. The molecular weight excluding hydrogens is 247 g/mol. The third-order valence-electron chi connectivity index (χ3n) is 3.12. The molecule has 0 radical (unpaired) electrons. The van der Waals surface area contributed by atoms with Crippen LogP contribution in [-0.4, -0.2) is 34.5 Å². The van der Waals surface area contributed by atoms with E-state index in [4.69, 9.17) is 0 Å². The van der Waals surface area contributed by atoms with Gasteiger partial charge in [0.05, 0.1) is 6.10 Å². The maximum absolute atomic E-state index is 12.3. The molecule has 1 aromatic heterocycles. The van der Waals surface area contributed by atoms with E-state index < -0.39 is 11.9 Å². The Balaban J connectivity index is 2.11. The van der Waals surface area contributed by atoms with Gasteiger partial charge in [-0.05, 0) is 24.5 Å². The van der Waals surface area contributed by atoms with Crippen LogP contribution in [0.25, 0.3) is 0 Å². The van der Waals surface area contributed by atoms with E-state index in [-0.39, 0.29) is 12.0 Å². The Hall–Kier alpha value is -1.37. The van der Waals surface area contributed by atoms with Crippen molar-refractivity contribution in [2.24, 2.45) is 5.92 Å². The highest BCUT2D eigenvalue weighted by atomic mass is 19.4. The van der Waals surface area contributed by atoms with Crippen molar-refractivity contribution in [1.82, 2.24) is 10.2 Å². The molecule has 2 unspecified atom stereocenters. The van der Waals surface area contributed by atoms with Crippen molar-refractivity contribution in [3.8, 4) is 0 Å². The van der Waals surface area contributed by atoms with Crippen LogP contribution in [0.3, 0.4) is 0 Å². The smallest absolute Gasteiger partial charge is 0.393 e. The molecule has 0 aliphatic carbocycles. The predicted molar refractivity (Wildman–Crippen MR) is 59.0 cm³/mol. The number of alkyl halides is 3. The Bertz CT molecular complexity index is 407. The van der Waals surface area contributed by atoms with Gasteiger partial charge in [0.25, 0.3) is 0 Å². The molecule has 0 bridgehead atoms. The Morgan fingerprint density at radius 1 is 1.33 bits per heavy atom. The lowest BCUT2D eigenvalue weighted by molar-refractivity contribution is -0.141. The van der Waals surface area contributed by atoms with Crippen LogP contribution in [0, 0.1) is 5.92 Å². The summed E-state index contributed by atoms with van der Waals surface area (Å²) in [6.45, 7) is 3.04. The quantitative estimate of drug-likeness (QED) is 0.836. The topological polar surface area (TPSA) is 49.2 Å². The van der Waals surface area contributed by atoms with Crippen molar-refractivity contribution in [2.45, 2.75) is 25.6 Å². The van der Waals surface area contributed by atoms with Crippen LogP contribution in [0.1, 0.15) is 19.0 Å². The molecule has 0 aromatic carbocycles. The number of hydrogen-bond acceptors (Lipinski definition) is 4. The average molecular weight is 261 g/mol. The second-order valence-corrected chi connectivity index (χ2v) is 4.55. The zero-order chi connectivity index (χ0) is 13.3. The molecule has 0 saturated carbocycles. The minimum Gasteiger partial charge on any atom is -0.393 e. The number of aromatic nitrogens is 2. The molecule has 1 N–H and O–H groups in total. The van der Waals surface area contributed by atoms with Crippen molar-refractivity contribution in [2.75, 3.05) is 18.0 Å². The van der Waals surface area contributed by atoms with E-state index in [0.717, 1.165) is 6.07 Å². The summed E-state index contributed by atoms with van der Waals surface area (Å²) in [5.41, 5.74) is -0.989. The summed E-state index contributed by atoms with van der Waals surface area (Å²) in [5.74, 6) is 0.490. The molecule has 2 rings (SSSR count). The zero-order valence-corrected chi connectivity index (χ0v) is 9.85. The van der Waals surface area contributed by atoms with Gasteiger partial charge in [0.15, 0.2) is 11.5 Å². The lowest BCUT2D eigenvalue weighted by Gasteiger charge is -2.34. The molecule has 1 aliphatic rings. The van der Waals surface area contributed by atoms with Gasteiger partial charge in [-0.2, -0.15) is 13.2 Å². The minimum absolute atomic E-state index is 0.0721. The zero-order valence-electron chi connectivity index (χ0n) is 9.85. The maximum atomic E-state index is 12.3. The van der Waals surface area contributed by atoms with Crippen LogP contribution in [0.2, 0.25) is 0 Å². The summed E-state index contributed by atoms with van der Waals surface area (Å²) in [6, 6.07) is 2.25. The van der Waals surface area contributed by atoms with Gasteiger partial charge in [0.1, 0.15) is 0 Å². The molecular formula is C11H14F3N3O. The van der Waals surface area contributed by atoms with Crippen LogP contribution < -0.4 is 4.90 Å². The Labute approximate surface area is 102 Å². The maximum Gasteiger partial charge on any atom is 0.435 e. The molecule has 2 atom stereocenters. The van der Waals surface area contributed by atoms with Gasteiger partial charge in [0, 0.05) is 13.1 Å². The van der Waals surface area contributed by atoms with Crippen molar-refractivity contribution in [3.05, 3.63) is 17.8 Å². The van der Waals surface area contributed by atoms with Crippen LogP contribution in [-0.2, 0) is 6.18 Å². The molecule has 1 saturated heterocycles. The molecule has 1 aromatic rings. The molecule has 2 heterocycles. The summed E-state index contributed by atoms with van der Waals surface area (Å²) in [6.07, 6.45) is -4.23. The number of nitrogens with zero attached hydrogens (tertiary/aromatic N) is 3. The fourth-order valence-electron chi connectivity index (χ4n) is 1.99. The number of anilines is 1. The summed E-state index contributed by atoms with van der Waals surface area (Å²) < 4.78 is 37.0. The Morgan fingerprint density at radius 3 is 2.56 bits per heavy atom. The van der Waals surface area contributed by atoms with Crippen LogP contribution in [0.5, 0.6) is 0 Å². The summed E-state index contributed by atoms with van der Waals surface area (Å²) in [4.78, 5) is 1.84. The van der Waals surface area contributed by atoms with E-state index in [1.54, 1.807) is 0 Å². The largest absolute Gasteiger partial charge is 0.435 e. The number of aliphatic hydroxyl groups is 1. The number of aliphatic hydroxyl groups excluding tert-OH is 1. The van der Waals surface area contributed by atoms with E-state index in [0.29, 0.717) is 25.3 Å². The summed E-state index contributed by atoms with van der Waals surface area (Å²) in [5, 5.41) is 16.4. The first kappa shape index (κ1) is 13.1. The van der Waals surface area contributed by atoms with Crippen LogP contribution in [0.15, 0.2) is 12.1 Å². The van der Waals surface area contributed by atoms with E-state index in [1.807, 2.05) is 11.8 Å². The van der Waals surface area contributed by atoms with Gasteiger partial charge in [-0.25, -0.2) is 0 Å². The van der Waals surface area contributed by atoms with Gasteiger partial charge < -0.3 is 10.0 Å². The fourth-order valence-corrected chi connectivity index (χ4v) is 1.99. The van der Waals surface area contributed by atoms with Crippen molar-refractivity contribution in [3.63, 3.8) is 0 Å².